The van der Waals surface area contributed by atoms with Crippen LogP contribution >= 0.6 is 0 Å². The average Bonchev–Trinajstić information content (AvgIpc) is 3.62. The third kappa shape index (κ3) is 4.17. The van der Waals surface area contributed by atoms with E-state index in [1.54, 1.807) is 43.1 Å². The Kier molecular flexibility index (Phi) is 5.37. The fourth-order valence-electron chi connectivity index (χ4n) is 4.61. The second-order valence-corrected chi connectivity index (χ2v) is 9.00. The van der Waals surface area contributed by atoms with E-state index in [2.05, 4.69) is 35.5 Å². The number of nitrogens with zero attached hydrogens (tertiary/aromatic N) is 5. The van der Waals surface area contributed by atoms with Crippen LogP contribution in [0.25, 0.3) is 55.8 Å². The number of benzene rings is 2. The minimum absolute atomic E-state index is 0.198. The maximum absolute atomic E-state index is 12.6. The fraction of sp³-hybridized carbons (Fsp3) is 0. The molecule has 5 heterocycles. The zero-order chi connectivity index (χ0) is 26.2. The largest absolute Gasteiger partial charge is 0.337 e. The standard InChI is InChI=1S/C30H20N8O/c39-30(19-5-2-1-3-6-19)34-22-13-20(15-32-17-22)21-14-24-27(37-38-28(24)33-16-21)29-35-25-8-4-7-23(26(25)36-29)18-9-11-31-12-10-18/h1-17H,(H,34,39)(H,35,36)(H,33,37,38). The Morgan fingerprint density at radius 3 is 2.51 bits per heavy atom. The normalized spacial score (nSPS) is 11.2. The van der Waals surface area contributed by atoms with Crippen LogP contribution in [0.2, 0.25) is 0 Å². The second-order valence-electron chi connectivity index (χ2n) is 9.00. The molecule has 7 rings (SSSR count). The molecule has 9 heteroatoms. The molecule has 0 aliphatic carbocycles. The van der Waals surface area contributed by atoms with Crippen molar-refractivity contribution in [2.75, 3.05) is 5.32 Å². The molecule has 0 saturated carbocycles. The van der Waals surface area contributed by atoms with Crippen molar-refractivity contribution in [3.8, 4) is 33.8 Å². The lowest BCUT2D eigenvalue weighted by molar-refractivity contribution is 0.102. The number of carbonyl (C=O) groups is 1. The van der Waals surface area contributed by atoms with Gasteiger partial charge in [0.15, 0.2) is 11.5 Å². The van der Waals surface area contributed by atoms with E-state index in [1.807, 2.05) is 60.7 Å². The summed E-state index contributed by atoms with van der Waals surface area (Å²) in [6.45, 7) is 0. The lowest BCUT2D eigenvalue weighted by Gasteiger charge is -2.07. The number of nitrogens with one attached hydrogen (secondary N) is 3. The van der Waals surface area contributed by atoms with Crippen molar-refractivity contribution in [3.63, 3.8) is 0 Å². The van der Waals surface area contributed by atoms with Gasteiger partial charge >= 0.3 is 0 Å². The zero-order valence-electron chi connectivity index (χ0n) is 20.5. The Morgan fingerprint density at radius 2 is 1.64 bits per heavy atom. The average molecular weight is 509 g/mol. The van der Waals surface area contributed by atoms with Crippen LogP contribution in [0.4, 0.5) is 5.69 Å². The van der Waals surface area contributed by atoms with Gasteiger partial charge in [-0.15, -0.1) is 0 Å². The maximum Gasteiger partial charge on any atom is 0.255 e. The second kappa shape index (κ2) is 9.31. The van der Waals surface area contributed by atoms with Crippen LogP contribution in [0, 0.1) is 0 Å². The highest BCUT2D eigenvalue weighted by atomic mass is 16.1. The predicted octanol–water partition coefficient (Wildman–Crippen LogP) is 5.88. The molecular weight excluding hydrogens is 488 g/mol. The van der Waals surface area contributed by atoms with Crippen molar-refractivity contribution in [1.82, 2.24) is 35.1 Å². The van der Waals surface area contributed by atoms with Crippen LogP contribution in [-0.2, 0) is 0 Å². The van der Waals surface area contributed by atoms with Crippen molar-refractivity contribution < 1.29 is 4.79 Å². The van der Waals surface area contributed by atoms with Gasteiger partial charge in [0.05, 0.1) is 28.3 Å². The van der Waals surface area contributed by atoms with Crippen molar-refractivity contribution in [2.24, 2.45) is 0 Å². The van der Waals surface area contributed by atoms with E-state index in [0.29, 0.717) is 28.4 Å². The Morgan fingerprint density at radius 1 is 0.795 bits per heavy atom. The fourth-order valence-corrected chi connectivity index (χ4v) is 4.61. The maximum atomic E-state index is 12.6. The van der Waals surface area contributed by atoms with Gasteiger partial charge in [-0.05, 0) is 48.0 Å². The van der Waals surface area contributed by atoms with Gasteiger partial charge in [-0.1, -0.05) is 30.3 Å². The summed E-state index contributed by atoms with van der Waals surface area (Å²) in [5, 5.41) is 11.3. The number of imidazole rings is 1. The van der Waals surface area contributed by atoms with Gasteiger partial charge in [0, 0.05) is 47.0 Å². The number of amides is 1. The molecule has 186 valence electrons. The summed E-state index contributed by atoms with van der Waals surface area (Å²) >= 11 is 0. The third-order valence-electron chi connectivity index (χ3n) is 6.51. The van der Waals surface area contributed by atoms with Crippen molar-refractivity contribution in [2.45, 2.75) is 0 Å². The molecule has 0 fully saturated rings. The van der Waals surface area contributed by atoms with E-state index in [4.69, 9.17) is 4.98 Å². The number of aromatic nitrogens is 7. The van der Waals surface area contributed by atoms with Gasteiger partial charge in [-0.25, -0.2) is 9.97 Å². The van der Waals surface area contributed by atoms with Crippen LogP contribution in [-0.4, -0.2) is 41.0 Å². The summed E-state index contributed by atoms with van der Waals surface area (Å²) in [4.78, 5) is 34.0. The van der Waals surface area contributed by atoms with Gasteiger partial charge in [-0.3, -0.25) is 19.9 Å². The minimum atomic E-state index is -0.198. The quantitative estimate of drug-likeness (QED) is 0.267. The summed E-state index contributed by atoms with van der Waals surface area (Å²) in [7, 11) is 0. The number of pyridine rings is 3. The molecule has 0 bridgehead atoms. The first-order valence-electron chi connectivity index (χ1n) is 12.3. The Bertz CT molecular complexity index is 1960. The monoisotopic (exact) mass is 508 g/mol. The molecule has 0 saturated heterocycles. The van der Waals surface area contributed by atoms with Crippen LogP contribution in [0.3, 0.4) is 0 Å². The topological polar surface area (TPSA) is 125 Å². The number of para-hydroxylation sites is 1. The lowest BCUT2D eigenvalue weighted by Crippen LogP contribution is -2.11. The molecule has 2 aromatic carbocycles. The first-order chi connectivity index (χ1) is 19.2. The van der Waals surface area contributed by atoms with E-state index in [9.17, 15) is 4.79 Å². The summed E-state index contributed by atoms with van der Waals surface area (Å²) in [6, 6.07) is 22.9. The van der Waals surface area contributed by atoms with Gasteiger partial charge in [0.1, 0.15) is 5.69 Å². The molecule has 7 aromatic rings. The smallest absolute Gasteiger partial charge is 0.255 e. The Hall–Kier alpha value is -5.70. The first kappa shape index (κ1) is 22.5. The van der Waals surface area contributed by atoms with E-state index in [0.717, 1.165) is 38.7 Å². The molecule has 9 nitrogen and oxygen atoms in total. The van der Waals surface area contributed by atoms with E-state index >= 15 is 0 Å². The summed E-state index contributed by atoms with van der Waals surface area (Å²) in [5.74, 6) is 0.440. The van der Waals surface area contributed by atoms with Gasteiger partial charge in [0.25, 0.3) is 5.91 Å². The Labute approximate surface area is 222 Å². The van der Waals surface area contributed by atoms with E-state index in [-0.39, 0.29) is 5.91 Å². The molecule has 39 heavy (non-hydrogen) atoms. The third-order valence-corrected chi connectivity index (χ3v) is 6.51. The molecule has 3 N–H and O–H groups in total. The van der Waals surface area contributed by atoms with Crippen LogP contribution in [0.5, 0.6) is 0 Å². The van der Waals surface area contributed by atoms with Gasteiger partial charge in [0.2, 0.25) is 0 Å². The molecular formula is C30H20N8O. The van der Waals surface area contributed by atoms with Crippen LogP contribution in [0.15, 0.2) is 104 Å². The number of rotatable bonds is 5. The number of carbonyl (C=O) groups excluding carboxylic acids is 1. The predicted molar refractivity (Wildman–Crippen MR) is 150 cm³/mol. The van der Waals surface area contributed by atoms with Crippen molar-refractivity contribution >= 4 is 33.7 Å². The number of hydrogen-bond donors (Lipinski definition) is 3. The van der Waals surface area contributed by atoms with Crippen LogP contribution in [0.1, 0.15) is 10.4 Å². The number of hydrogen-bond acceptors (Lipinski definition) is 6. The number of aromatic amines is 2. The molecule has 0 aliphatic heterocycles. The number of H-pyrrole nitrogens is 2. The number of fused-ring (bicyclic) bond motifs is 2. The van der Waals surface area contributed by atoms with E-state index in [1.165, 1.54) is 0 Å². The summed E-state index contributed by atoms with van der Waals surface area (Å²) in [5.41, 5.74) is 7.93. The highest BCUT2D eigenvalue weighted by Gasteiger charge is 2.17. The minimum Gasteiger partial charge on any atom is -0.337 e. The van der Waals surface area contributed by atoms with Crippen molar-refractivity contribution in [3.05, 3.63) is 109 Å². The zero-order valence-corrected chi connectivity index (χ0v) is 20.5. The lowest BCUT2D eigenvalue weighted by atomic mass is 10.1. The van der Waals surface area contributed by atoms with Gasteiger partial charge < -0.3 is 10.3 Å². The first-order valence-corrected chi connectivity index (χ1v) is 12.3. The van der Waals surface area contributed by atoms with Gasteiger partial charge in [-0.2, -0.15) is 5.10 Å². The summed E-state index contributed by atoms with van der Waals surface area (Å²) < 4.78 is 0. The van der Waals surface area contributed by atoms with Crippen molar-refractivity contribution in [1.29, 1.82) is 0 Å². The highest BCUT2D eigenvalue weighted by molar-refractivity contribution is 6.04. The molecule has 0 unspecified atom stereocenters. The molecule has 5 aromatic heterocycles. The Balaban J connectivity index is 1.25. The molecule has 1 amide bonds. The molecule has 0 radical (unpaired) electrons. The number of anilines is 1. The summed E-state index contributed by atoms with van der Waals surface area (Å²) in [6.07, 6.45) is 8.65. The molecule has 0 spiro atoms. The van der Waals surface area contributed by atoms with E-state index < -0.39 is 0 Å². The highest BCUT2D eigenvalue weighted by Crippen LogP contribution is 2.32. The molecule has 0 aliphatic rings. The van der Waals surface area contributed by atoms with Crippen LogP contribution < -0.4 is 5.32 Å². The SMILES string of the molecule is O=C(Nc1cncc(-c2cnc3[nH]nc(-c4nc5c(-c6ccncc6)cccc5[nH]4)c3c2)c1)c1ccccc1. The molecule has 0 atom stereocenters.